The van der Waals surface area contributed by atoms with Crippen LogP contribution in [0.15, 0.2) is 54.6 Å². The van der Waals surface area contributed by atoms with Crippen LogP contribution in [0.25, 0.3) is 28.1 Å². The lowest BCUT2D eigenvalue weighted by atomic mass is 10.0. The second kappa shape index (κ2) is 6.64. The maximum atomic E-state index is 13.4. The highest BCUT2D eigenvalue weighted by molar-refractivity contribution is 6.01. The highest BCUT2D eigenvalue weighted by atomic mass is 19.1. The molecule has 1 heterocycles. The lowest BCUT2D eigenvalue weighted by molar-refractivity contribution is 0.618. The molecule has 0 N–H and O–H groups in total. The summed E-state index contributed by atoms with van der Waals surface area (Å²) in [4.78, 5) is 0. The minimum absolute atomic E-state index is 0.203. The Morgan fingerprint density at radius 2 is 1.58 bits per heavy atom. The van der Waals surface area contributed by atoms with Crippen molar-refractivity contribution in [3.63, 3.8) is 0 Å². The van der Waals surface area contributed by atoms with Crippen LogP contribution in [0, 0.1) is 11.7 Å². The molecule has 0 amide bonds. The summed E-state index contributed by atoms with van der Waals surface area (Å²) in [6, 6.07) is 15.6. The Bertz CT molecular complexity index is 867. The predicted molar refractivity (Wildman–Crippen MR) is 102 cm³/mol. The third-order valence-electron chi connectivity index (χ3n) is 4.24. The lowest BCUT2D eigenvalue weighted by Crippen LogP contribution is -2.03. The SMILES string of the molecule is CC(C)/C=C/c1c(-c2ccc(F)cc2)c2ccccc2n1C(C)C. The monoisotopic (exact) mass is 321 g/mol. The van der Waals surface area contributed by atoms with Gasteiger partial charge in [0.1, 0.15) is 5.82 Å². The van der Waals surface area contributed by atoms with E-state index in [1.807, 2.05) is 12.1 Å². The van der Waals surface area contributed by atoms with Gasteiger partial charge < -0.3 is 4.57 Å². The number of halogens is 1. The van der Waals surface area contributed by atoms with E-state index in [0.29, 0.717) is 12.0 Å². The van der Waals surface area contributed by atoms with Gasteiger partial charge in [-0.15, -0.1) is 0 Å². The molecule has 0 spiro atoms. The van der Waals surface area contributed by atoms with E-state index < -0.39 is 0 Å². The average Bonchev–Trinajstić information content (AvgIpc) is 2.88. The smallest absolute Gasteiger partial charge is 0.123 e. The third kappa shape index (κ3) is 3.01. The van der Waals surface area contributed by atoms with Crippen molar-refractivity contribution in [2.75, 3.05) is 0 Å². The van der Waals surface area contributed by atoms with Crippen molar-refractivity contribution >= 4 is 17.0 Å². The van der Waals surface area contributed by atoms with Gasteiger partial charge in [-0.1, -0.05) is 50.3 Å². The molecule has 0 bridgehead atoms. The van der Waals surface area contributed by atoms with E-state index in [0.717, 1.165) is 5.56 Å². The number of para-hydroxylation sites is 1. The van der Waals surface area contributed by atoms with Crippen LogP contribution in [0.3, 0.4) is 0 Å². The van der Waals surface area contributed by atoms with Gasteiger partial charge >= 0.3 is 0 Å². The summed E-state index contributed by atoms with van der Waals surface area (Å²) in [7, 11) is 0. The topological polar surface area (TPSA) is 4.93 Å². The standard InChI is InChI=1S/C22H24FN/c1-15(2)9-14-21-22(17-10-12-18(23)13-11-17)19-7-5-6-8-20(19)24(21)16(3)4/h5-16H,1-4H3/b14-9+. The molecule has 0 unspecified atom stereocenters. The van der Waals surface area contributed by atoms with Crippen LogP contribution < -0.4 is 0 Å². The minimum Gasteiger partial charge on any atom is -0.338 e. The summed E-state index contributed by atoms with van der Waals surface area (Å²) in [5, 5.41) is 1.21. The molecule has 0 aliphatic heterocycles. The molecule has 2 aromatic carbocycles. The Morgan fingerprint density at radius 3 is 2.21 bits per heavy atom. The molecule has 124 valence electrons. The van der Waals surface area contributed by atoms with E-state index in [1.54, 1.807) is 0 Å². The zero-order valence-corrected chi connectivity index (χ0v) is 14.8. The number of aromatic nitrogens is 1. The molecule has 1 aromatic heterocycles. The second-order valence-corrected chi connectivity index (χ2v) is 6.85. The molecule has 0 saturated carbocycles. The molecular formula is C22H24FN. The first-order chi connectivity index (χ1) is 11.5. The molecule has 0 fully saturated rings. The largest absolute Gasteiger partial charge is 0.338 e. The van der Waals surface area contributed by atoms with E-state index in [9.17, 15) is 4.39 Å². The molecular weight excluding hydrogens is 297 g/mol. The van der Waals surface area contributed by atoms with Crippen molar-refractivity contribution in [1.29, 1.82) is 0 Å². The first kappa shape index (κ1) is 16.5. The van der Waals surface area contributed by atoms with E-state index in [1.165, 1.54) is 34.3 Å². The van der Waals surface area contributed by atoms with Gasteiger partial charge in [0.2, 0.25) is 0 Å². The van der Waals surface area contributed by atoms with E-state index >= 15 is 0 Å². The van der Waals surface area contributed by atoms with Crippen LogP contribution in [-0.4, -0.2) is 4.57 Å². The fourth-order valence-corrected chi connectivity index (χ4v) is 3.21. The molecule has 0 atom stereocenters. The van der Waals surface area contributed by atoms with Crippen molar-refractivity contribution in [3.8, 4) is 11.1 Å². The van der Waals surface area contributed by atoms with Gasteiger partial charge in [0.25, 0.3) is 0 Å². The summed E-state index contributed by atoms with van der Waals surface area (Å²) >= 11 is 0. The highest BCUT2D eigenvalue weighted by Crippen LogP contribution is 2.38. The second-order valence-electron chi connectivity index (χ2n) is 6.85. The van der Waals surface area contributed by atoms with Gasteiger partial charge in [-0.2, -0.15) is 0 Å². The maximum Gasteiger partial charge on any atom is 0.123 e. The lowest BCUT2D eigenvalue weighted by Gasteiger charge is -2.14. The predicted octanol–water partition coefficient (Wildman–Crippen LogP) is 6.70. The van der Waals surface area contributed by atoms with E-state index in [2.05, 4.69) is 68.7 Å². The Morgan fingerprint density at radius 1 is 0.917 bits per heavy atom. The number of hydrogen-bond donors (Lipinski definition) is 0. The van der Waals surface area contributed by atoms with Gasteiger partial charge in [-0.25, -0.2) is 4.39 Å². The van der Waals surface area contributed by atoms with Crippen molar-refractivity contribution in [2.45, 2.75) is 33.7 Å². The number of allylic oxidation sites excluding steroid dienone is 1. The first-order valence-corrected chi connectivity index (χ1v) is 8.56. The fraction of sp³-hybridized carbons (Fsp3) is 0.273. The van der Waals surface area contributed by atoms with Gasteiger partial charge in [-0.3, -0.25) is 0 Å². The Labute approximate surface area is 143 Å². The number of hydrogen-bond acceptors (Lipinski definition) is 0. The molecule has 1 nitrogen and oxygen atoms in total. The van der Waals surface area contributed by atoms with Crippen molar-refractivity contribution in [2.24, 2.45) is 5.92 Å². The van der Waals surface area contributed by atoms with Crippen LogP contribution in [0.1, 0.15) is 39.4 Å². The molecule has 2 heteroatoms. The Balaban J connectivity index is 2.36. The number of fused-ring (bicyclic) bond motifs is 1. The highest BCUT2D eigenvalue weighted by Gasteiger charge is 2.18. The van der Waals surface area contributed by atoms with Gasteiger partial charge in [0.15, 0.2) is 0 Å². The molecule has 0 aliphatic rings. The summed E-state index contributed by atoms with van der Waals surface area (Å²) in [5.41, 5.74) is 4.63. The van der Waals surface area contributed by atoms with E-state index in [4.69, 9.17) is 0 Å². The van der Waals surface area contributed by atoms with Crippen molar-refractivity contribution in [1.82, 2.24) is 4.57 Å². The van der Waals surface area contributed by atoms with Gasteiger partial charge in [-0.05, 0) is 49.6 Å². The number of nitrogens with zero attached hydrogens (tertiary/aromatic N) is 1. The first-order valence-electron chi connectivity index (χ1n) is 8.56. The maximum absolute atomic E-state index is 13.4. The van der Waals surface area contributed by atoms with Crippen LogP contribution >= 0.6 is 0 Å². The Hall–Kier alpha value is -2.35. The quantitative estimate of drug-likeness (QED) is 0.504. The Kier molecular flexibility index (Phi) is 4.57. The van der Waals surface area contributed by atoms with Gasteiger partial charge in [0.05, 0.1) is 0 Å². The summed E-state index contributed by atoms with van der Waals surface area (Å²) in [5.74, 6) is 0.273. The van der Waals surface area contributed by atoms with Gasteiger partial charge in [0, 0.05) is 28.2 Å². The molecule has 0 radical (unpaired) electrons. The molecule has 0 saturated heterocycles. The third-order valence-corrected chi connectivity index (χ3v) is 4.24. The zero-order valence-electron chi connectivity index (χ0n) is 14.8. The minimum atomic E-state index is -0.203. The molecule has 3 rings (SSSR count). The van der Waals surface area contributed by atoms with Crippen LogP contribution in [-0.2, 0) is 0 Å². The van der Waals surface area contributed by atoms with Crippen molar-refractivity contribution in [3.05, 3.63) is 66.1 Å². The zero-order chi connectivity index (χ0) is 17.3. The number of benzene rings is 2. The van der Waals surface area contributed by atoms with Crippen LogP contribution in [0.4, 0.5) is 4.39 Å². The number of rotatable bonds is 4. The molecule has 24 heavy (non-hydrogen) atoms. The summed E-state index contributed by atoms with van der Waals surface area (Å²) < 4.78 is 15.8. The fourth-order valence-electron chi connectivity index (χ4n) is 3.21. The van der Waals surface area contributed by atoms with Crippen molar-refractivity contribution < 1.29 is 4.39 Å². The van der Waals surface area contributed by atoms with E-state index in [-0.39, 0.29) is 5.82 Å². The molecule has 3 aromatic rings. The summed E-state index contributed by atoms with van der Waals surface area (Å²) in [6.45, 7) is 8.76. The average molecular weight is 321 g/mol. The van der Waals surface area contributed by atoms with Crippen LogP contribution in [0.5, 0.6) is 0 Å². The van der Waals surface area contributed by atoms with Crippen LogP contribution in [0.2, 0.25) is 0 Å². The molecule has 0 aliphatic carbocycles. The normalized spacial score (nSPS) is 12.1. The summed E-state index contributed by atoms with van der Waals surface area (Å²) in [6.07, 6.45) is 4.43.